The molecule has 1 aliphatic heterocycles. The van der Waals surface area contributed by atoms with E-state index in [1.807, 2.05) is 10.9 Å². The standard InChI is InChI=1S/C11H20N4/c1-9-5-10(2)14(7-9)3-4-15-8-11(12)6-13-15/h6,8-10H,3-5,7,12H2,1-2H3. The van der Waals surface area contributed by atoms with Crippen LogP contribution < -0.4 is 5.73 Å². The van der Waals surface area contributed by atoms with Crippen molar-refractivity contribution in [2.45, 2.75) is 32.9 Å². The van der Waals surface area contributed by atoms with Gasteiger partial charge < -0.3 is 5.73 Å². The van der Waals surface area contributed by atoms with Gasteiger partial charge in [0.05, 0.1) is 18.4 Å². The Labute approximate surface area is 91.1 Å². The molecule has 1 saturated heterocycles. The second-order valence-corrected chi connectivity index (χ2v) is 4.72. The molecule has 2 rings (SSSR count). The maximum Gasteiger partial charge on any atom is 0.0719 e. The van der Waals surface area contributed by atoms with E-state index in [0.29, 0.717) is 6.04 Å². The van der Waals surface area contributed by atoms with Crippen molar-refractivity contribution in [2.75, 3.05) is 18.8 Å². The first-order valence-electron chi connectivity index (χ1n) is 5.67. The number of hydrogen-bond acceptors (Lipinski definition) is 3. The van der Waals surface area contributed by atoms with Gasteiger partial charge in [0, 0.05) is 25.3 Å². The SMILES string of the molecule is CC1CC(C)N(CCn2cc(N)cn2)C1. The Kier molecular flexibility index (Phi) is 2.95. The van der Waals surface area contributed by atoms with Crippen LogP contribution in [0.25, 0.3) is 0 Å². The lowest BCUT2D eigenvalue weighted by Crippen LogP contribution is -2.30. The molecule has 1 aromatic heterocycles. The quantitative estimate of drug-likeness (QED) is 0.812. The van der Waals surface area contributed by atoms with E-state index in [9.17, 15) is 0 Å². The molecule has 15 heavy (non-hydrogen) atoms. The van der Waals surface area contributed by atoms with Crippen LogP contribution in [0.3, 0.4) is 0 Å². The molecular formula is C11H20N4. The van der Waals surface area contributed by atoms with Crippen molar-refractivity contribution < 1.29 is 0 Å². The smallest absolute Gasteiger partial charge is 0.0719 e. The summed E-state index contributed by atoms with van der Waals surface area (Å²) < 4.78 is 1.92. The molecule has 1 fully saturated rings. The van der Waals surface area contributed by atoms with Gasteiger partial charge in [0.1, 0.15) is 0 Å². The second-order valence-electron chi connectivity index (χ2n) is 4.72. The zero-order chi connectivity index (χ0) is 10.8. The van der Waals surface area contributed by atoms with Crippen molar-refractivity contribution in [3.8, 4) is 0 Å². The summed E-state index contributed by atoms with van der Waals surface area (Å²) in [4.78, 5) is 2.53. The van der Waals surface area contributed by atoms with Crippen LogP contribution in [0.15, 0.2) is 12.4 Å². The molecule has 0 saturated carbocycles. The summed E-state index contributed by atoms with van der Waals surface area (Å²) in [7, 11) is 0. The summed E-state index contributed by atoms with van der Waals surface area (Å²) in [6, 6.07) is 0.716. The molecule has 0 radical (unpaired) electrons. The second kappa shape index (κ2) is 4.23. The topological polar surface area (TPSA) is 47.1 Å². The number of nitrogens with zero attached hydrogens (tertiary/aromatic N) is 3. The minimum absolute atomic E-state index is 0.716. The fourth-order valence-electron chi connectivity index (χ4n) is 2.43. The van der Waals surface area contributed by atoms with Gasteiger partial charge in [-0.3, -0.25) is 9.58 Å². The summed E-state index contributed by atoms with van der Waals surface area (Å²) in [5.41, 5.74) is 6.36. The highest BCUT2D eigenvalue weighted by Gasteiger charge is 2.25. The molecule has 1 aliphatic rings. The zero-order valence-corrected chi connectivity index (χ0v) is 9.56. The number of rotatable bonds is 3. The molecule has 4 heteroatoms. The van der Waals surface area contributed by atoms with Gasteiger partial charge in [-0.05, 0) is 19.3 Å². The molecule has 2 atom stereocenters. The van der Waals surface area contributed by atoms with E-state index < -0.39 is 0 Å². The normalized spacial score (nSPS) is 27.3. The molecule has 4 nitrogen and oxygen atoms in total. The molecule has 0 spiro atoms. The van der Waals surface area contributed by atoms with Gasteiger partial charge in [0.2, 0.25) is 0 Å². The monoisotopic (exact) mass is 208 g/mol. The Morgan fingerprint density at radius 2 is 2.27 bits per heavy atom. The summed E-state index contributed by atoms with van der Waals surface area (Å²) in [6.45, 7) is 7.86. The average Bonchev–Trinajstić information content (AvgIpc) is 2.70. The third-order valence-electron chi connectivity index (χ3n) is 3.18. The number of nitrogens with two attached hydrogens (primary N) is 1. The van der Waals surface area contributed by atoms with Crippen LogP contribution in [-0.2, 0) is 6.54 Å². The lowest BCUT2D eigenvalue weighted by Gasteiger charge is -2.20. The lowest BCUT2D eigenvalue weighted by molar-refractivity contribution is 0.250. The van der Waals surface area contributed by atoms with Crippen LogP contribution in [0.5, 0.6) is 0 Å². The van der Waals surface area contributed by atoms with Crippen molar-refractivity contribution >= 4 is 5.69 Å². The molecule has 0 bridgehead atoms. The minimum Gasteiger partial charge on any atom is -0.396 e. The van der Waals surface area contributed by atoms with E-state index in [4.69, 9.17) is 5.73 Å². The summed E-state index contributed by atoms with van der Waals surface area (Å²) in [5.74, 6) is 0.836. The van der Waals surface area contributed by atoms with Crippen molar-refractivity contribution in [1.29, 1.82) is 0 Å². The van der Waals surface area contributed by atoms with Crippen LogP contribution in [0.4, 0.5) is 5.69 Å². The zero-order valence-electron chi connectivity index (χ0n) is 9.56. The van der Waals surface area contributed by atoms with Crippen LogP contribution in [0.2, 0.25) is 0 Å². The van der Waals surface area contributed by atoms with Gasteiger partial charge in [-0.2, -0.15) is 5.10 Å². The Morgan fingerprint density at radius 3 is 2.80 bits per heavy atom. The first kappa shape index (κ1) is 10.5. The highest BCUT2D eigenvalue weighted by Crippen LogP contribution is 2.21. The largest absolute Gasteiger partial charge is 0.396 e. The number of anilines is 1. The molecule has 0 aliphatic carbocycles. The van der Waals surface area contributed by atoms with Crippen LogP contribution in [-0.4, -0.2) is 33.8 Å². The predicted octanol–water partition coefficient (Wildman–Crippen LogP) is 1.20. The van der Waals surface area contributed by atoms with Gasteiger partial charge in [-0.1, -0.05) is 6.92 Å². The highest BCUT2D eigenvalue weighted by molar-refractivity contribution is 5.30. The molecule has 2 N–H and O–H groups in total. The fraction of sp³-hybridized carbons (Fsp3) is 0.727. The maximum atomic E-state index is 5.61. The van der Waals surface area contributed by atoms with Crippen LogP contribution >= 0.6 is 0 Å². The van der Waals surface area contributed by atoms with E-state index in [1.54, 1.807) is 6.20 Å². The van der Waals surface area contributed by atoms with Gasteiger partial charge >= 0.3 is 0 Å². The number of nitrogen functional groups attached to an aromatic ring is 1. The Hall–Kier alpha value is -1.03. The first-order valence-corrected chi connectivity index (χ1v) is 5.67. The van der Waals surface area contributed by atoms with Crippen molar-refractivity contribution in [2.24, 2.45) is 5.92 Å². The average molecular weight is 208 g/mol. The number of likely N-dealkylation sites (tertiary alicyclic amines) is 1. The number of hydrogen-bond donors (Lipinski definition) is 1. The first-order chi connectivity index (χ1) is 7.15. The minimum atomic E-state index is 0.716. The Bertz CT molecular complexity index is 320. The third kappa shape index (κ3) is 2.50. The Morgan fingerprint density at radius 1 is 1.47 bits per heavy atom. The Balaban J connectivity index is 1.83. The predicted molar refractivity (Wildman–Crippen MR) is 61.5 cm³/mol. The molecule has 84 valence electrons. The van der Waals surface area contributed by atoms with Crippen LogP contribution in [0, 0.1) is 5.92 Å². The molecule has 2 heterocycles. The summed E-state index contributed by atoms with van der Waals surface area (Å²) in [5, 5.41) is 4.19. The maximum absolute atomic E-state index is 5.61. The molecule has 2 unspecified atom stereocenters. The van der Waals surface area contributed by atoms with E-state index in [-0.39, 0.29) is 0 Å². The molecular weight excluding hydrogens is 188 g/mol. The van der Waals surface area contributed by atoms with E-state index >= 15 is 0 Å². The molecule has 0 amide bonds. The van der Waals surface area contributed by atoms with Gasteiger partial charge in [-0.25, -0.2) is 0 Å². The van der Waals surface area contributed by atoms with E-state index in [0.717, 1.165) is 24.7 Å². The van der Waals surface area contributed by atoms with E-state index in [1.165, 1.54) is 13.0 Å². The highest BCUT2D eigenvalue weighted by atomic mass is 15.3. The number of aromatic nitrogens is 2. The fourth-order valence-corrected chi connectivity index (χ4v) is 2.43. The van der Waals surface area contributed by atoms with Gasteiger partial charge in [0.25, 0.3) is 0 Å². The van der Waals surface area contributed by atoms with Crippen LogP contribution in [0.1, 0.15) is 20.3 Å². The summed E-state index contributed by atoms with van der Waals surface area (Å²) in [6.07, 6.45) is 4.92. The van der Waals surface area contributed by atoms with Crippen molar-refractivity contribution in [3.05, 3.63) is 12.4 Å². The van der Waals surface area contributed by atoms with Gasteiger partial charge in [-0.15, -0.1) is 0 Å². The molecule has 1 aromatic rings. The van der Waals surface area contributed by atoms with Crippen molar-refractivity contribution in [3.63, 3.8) is 0 Å². The lowest BCUT2D eigenvalue weighted by atomic mass is 10.1. The van der Waals surface area contributed by atoms with Crippen molar-refractivity contribution in [1.82, 2.24) is 14.7 Å². The molecule has 0 aromatic carbocycles. The van der Waals surface area contributed by atoms with Gasteiger partial charge in [0.15, 0.2) is 0 Å². The van der Waals surface area contributed by atoms with E-state index in [2.05, 4.69) is 23.8 Å². The summed E-state index contributed by atoms with van der Waals surface area (Å²) >= 11 is 0. The third-order valence-corrected chi connectivity index (χ3v) is 3.18.